The van der Waals surface area contributed by atoms with Crippen molar-refractivity contribution in [2.45, 2.75) is 0 Å². The molecule has 0 aromatic rings. The topological polar surface area (TPSA) is 620 Å². The molecule has 0 radical (unpaired) electrons. The van der Waals surface area contributed by atoms with Crippen molar-refractivity contribution in [1.82, 2.24) is 0 Å². The van der Waals surface area contributed by atoms with Gasteiger partial charge < -0.3 is 0 Å². The predicted molar refractivity (Wildman–Crippen MR) is 72.5 cm³/mol. The van der Waals surface area contributed by atoms with Crippen molar-refractivity contribution >= 4 is 39.1 Å². The zero-order valence-corrected chi connectivity index (χ0v) is 39.9. The molecule has 35 nitrogen and oxygen atoms in total. The molecule has 0 aromatic heterocycles. The van der Waals surface area contributed by atoms with Crippen LogP contribution in [-0.4, -0.2) is 48.9 Å². The van der Waals surface area contributed by atoms with E-state index >= 15 is 0 Å². The van der Waals surface area contributed by atoms with Gasteiger partial charge >= 0.3 is 282 Å². The molecule has 0 aliphatic rings. The van der Waals surface area contributed by atoms with E-state index in [1.807, 2.05) is 0 Å². The average molecular weight is 1700 g/mol. The average Bonchev–Trinajstić information content (AvgIpc) is 2.36. The molecule has 0 bridgehead atoms. The summed E-state index contributed by atoms with van der Waals surface area (Å²) in [6, 6.07) is 0. The number of hydrogen-bond donors (Lipinski definition) is 10. The van der Waals surface area contributed by atoms with Gasteiger partial charge in [0, 0.05) is 0 Å². The molecule has 0 saturated heterocycles. The summed E-state index contributed by atoms with van der Waals surface area (Å²) in [6.07, 6.45) is 0. The standard InChI is InChI=1S/5H3O4P.15O.V.5W/c5*1-5(2,3)4;;;;;;;;;;;;;;;;;;;;;/h5*(H3,1,2,3,4);;;;;;;;;;;;;;;;;;;;;/q;;;;;;;;;;;;;;;5*-1;+5;5*+1/p-5. The molecule has 280 valence electrons. The fourth-order valence-electron chi connectivity index (χ4n) is 0.595. The Kier molecular flexibility index (Phi) is 29.5. The van der Waals surface area contributed by atoms with Gasteiger partial charge in [-0.25, -0.2) is 0 Å². The molecule has 46 heteroatoms. The summed E-state index contributed by atoms with van der Waals surface area (Å²) in [5.74, 6) is 0. The van der Waals surface area contributed by atoms with Crippen LogP contribution in [0.15, 0.2) is 0 Å². The maximum absolute atomic E-state index is 9.57. The third kappa shape index (κ3) is 91.1. The fraction of sp³-hybridized carbons (Fsp3) is 0. The van der Waals surface area contributed by atoms with Crippen molar-refractivity contribution in [2.75, 3.05) is 0 Å². The van der Waals surface area contributed by atoms with Crippen molar-refractivity contribution in [1.29, 1.82) is 0 Å². The van der Waals surface area contributed by atoms with Gasteiger partial charge in [0.05, 0.1) is 0 Å². The van der Waals surface area contributed by atoms with Crippen molar-refractivity contribution < 1.29 is 243 Å². The molecule has 0 saturated carbocycles. The Labute approximate surface area is 279 Å². The van der Waals surface area contributed by atoms with E-state index in [-0.39, 0.29) is 18.6 Å². The van der Waals surface area contributed by atoms with E-state index in [2.05, 4.69) is 15.9 Å². The molecule has 46 heavy (non-hydrogen) atoms. The van der Waals surface area contributed by atoms with Crippen molar-refractivity contribution in [3.8, 4) is 0 Å². The summed E-state index contributed by atoms with van der Waals surface area (Å²) in [5, 5.41) is 0. The smallest absolute Gasteiger partial charge is 5.00 e. The van der Waals surface area contributed by atoms with Crippen LogP contribution in [-0.2, 0) is 175 Å². The van der Waals surface area contributed by atoms with Gasteiger partial charge in [-0.2, -0.15) is 0 Å². The zero-order chi connectivity index (χ0) is 38.5. The van der Waals surface area contributed by atoms with Crippen LogP contribution in [0.25, 0.3) is 0 Å². The number of phosphoric acid groups is 5. The third-order valence-electron chi connectivity index (χ3n) is 0.942. The van der Waals surface area contributed by atoms with E-state index in [1.54, 1.807) is 0 Å². The van der Waals surface area contributed by atoms with E-state index < -0.39 is 123 Å². The summed E-state index contributed by atoms with van der Waals surface area (Å²) in [6.45, 7) is 0. The van der Waals surface area contributed by atoms with Crippen LogP contribution in [0.4, 0.5) is 0 Å². The molecule has 0 aromatic carbocycles. The molecule has 0 heterocycles. The van der Waals surface area contributed by atoms with Crippen LogP contribution in [0.2, 0.25) is 0 Å². The molecule has 0 aliphatic heterocycles. The maximum Gasteiger partial charge on any atom is 5.00 e. The van der Waals surface area contributed by atoms with Crippen molar-refractivity contribution in [2.24, 2.45) is 0 Å². The number of hydrogen-bond acceptors (Lipinski definition) is 25. The van der Waals surface area contributed by atoms with Crippen molar-refractivity contribution in [3.63, 3.8) is 0 Å². The van der Waals surface area contributed by atoms with Gasteiger partial charge in [-0.05, 0) is 0 Å². The van der Waals surface area contributed by atoms with E-state index in [4.69, 9.17) is 48.9 Å². The largest absolute Gasteiger partial charge is 5.00 e. The molecule has 0 rings (SSSR count). The second kappa shape index (κ2) is 22.4. The third-order valence-corrected chi connectivity index (χ3v) is 23.1. The molecule has 0 atom stereocenters. The van der Waals surface area contributed by atoms with Crippen LogP contribution < -0.4 is 18.8 Å². The second-order valence-corrected chi connectivity index (χ2v) is 33.2. The van der Waals surface area contributed by atoms with Crippen LogP contribution in [0.5, 0.6) is 0 Å². The van der Waals surface area contributed by atoms with E-state index in [0.29, 0.717) is 0 Å². The summed E-state index contributed by atoms with van der Waals surface area (Å²) in [5.41, 5.74) is 0. The first-order valence-electron chi connectivity index (χ1n) is 7.16. The minimum absolute atomic E-state index is 0. The zero-order valence-electron chi connectivity index (χ0n) is 19.4. The predicted octanol–water partition coefficient (Wildman–Crippen LogP) is -9.35. The van der Waals surface area contributed by atoms with Gasteiger partial charge in [0.1, 0.15) is 0 Å². The van der Waals surface area contributed by atoms with Crippen LogP contribution in [0.3, 0.4) is 0 Å². The first-order valence-corrected chi connectivity index (χ1v) is 38.8. The van der Waals surface area contributed by atoms with Gasteiger partial charge in [0.25, 0.3) is 0 Å². The first kappa shape index (κ1) is 60.5. The Bertz CT molecular complexity index is 1390. The molecule has 0 amide bonds. The molecular weight excluding hydrogens is 1680 g/mol. The molecule has 0 fully saturated rings. The molecule has 0 spiro atoms. The summed E-state index contributed by atoms with van der Waals surface area (Å²) >= 11 is -32.2. The summed E-state index contributed by atoms with van der Waals surface area (Å²) in [4.78, 5) is 76.9. The minimum atomic E-state index is -6.44. The van der Waals surface area contributed by atoms with Crippen molar-refractivity contribution in [3.05, 3.63) is 0 Å². The summed E-state index contributed by atoms with van der Waals surface area (Å²) in [7, 11) is -25.7. The molecule has 0 aliphatic carbocycles. The SMILES string of the molecule is O=P(O)(O)[O][W](=[O])(=[O])[O-].O=P(O)(O)[O][W](=[O])(=[O])[O-].O=P(O)(O)[O][W](=[O])(=[O])[O-].O=P(O)(O)[O][W](=[O])(=[O])[O-].O=P(O)(O)[O][W](=[O])(=[O])[O-].[V+5]. The Hall–Kier alpha value is 2.38. The number of rotatable bonds is 10. The van der Waals surface area contributed by atoms with Crippen LogP contribution >= 0.6 is 39.1 Å². The Morgan fingerprint density at radius 3 is 0.370 bits per heavy atom. The first-order chi connectivity index (χ1) is 18.5. The second-order valence-electron chi connectivity index (χ2n) is 4.87. The van der Waals surface area contributed by atoms with Gasteiger partial charge in [0.15, 0.2) is 0 Å². The normalized spacial score (nSPS) is 13.4. The van der Waals surface area contributed by atoms with E-state index in [1.165, 1.54) is 0 Å². The van der Waals surface area contributed by atoms with Crippen LogP contribution in [0, 0.1) is 0 Å². The Balaban J connectivity index is -0.000000108. The quantitative estimate of drug-likeness (QED) is 0.0908. The summed E-state index contributed by atoms with van der Waals surface area (Å²) < 4.78 is 205. The molecular formula is H10O35P5VW5. The Morgan fingerprint density at radius 1 is 0.304 bits per heavy atom. The fourth-order valence-corrected chi connectivity index (χ4v) is 14.6. The van der Waals surface area contributed by atoms with Gasteiger partial charge in [-0.3, -0.25) is 0 Å². The maximum atomic E-state index is 9.57. The van der Waals surface area contributed by atoms with Gasteiger partial charge in [-0.1, -0.05) is 0 Å². The van der Waals surface area contributed by atoms with E-state index in [9.17, 15) is 75.6 Å². The van der Waals surface area contributed by atoms with Gasteiger partial charge in [0.2, 0.25) is 0 Å². The van der Waals surface area contributed by atoms with Gasteiger partial charge in [-0.15, -0.1) is 0 Å². The van der Waals surface area contributed by atoms with Crippen LogP contribution in [0.1, 0.15) is 0 Å². The minimum Gasteiger partial charge on any atom is 5.00 e. The molecule has 10 N–H and O–H groups in total. The Morgan fingerprint density at radius 2 is 0.370 bits per heavy atom. The monoisotopic (exact) mass is 1700 g/mol. The van der Waals surface area contributed by atoms with E-state index in [0.717, 1.165) is 0 Å². The molecule has 0 unspecified atom stereocenters.